The van der Waals surface area contributed by atoms with Crippen molar-refractivity contribution in [1.29, 1.82) is 0 Å². The summed E-state index contributed by atoms with van der Waals surface area (Å²) in [6.07, 6.45) is 8.34. The number of fused-ring (bicyclic) bond motifs is 1. The molecule has 0 aliphatic heterocycles. The summed E-state index contributed by atoms with van der Waals surface area (Å²) in [6.45, 7) is 7.78. The maximum atomic E-state index is 13.5. The Morgan fingerprint density at radius 1 is 1.31 bits per heavy atom. The summed E-state index contributed by atoms with van der Waals surface area (Å²) in [5.74, 6) is 0.0244. The Labute approximate surface area is 172 Å². The molecule has 3 aromatic rings. The predicted molar refractivity (Wildman–Crippen MR) is 114 cm³/mol. The van der Waals surface area contributed by atoms with Crippen molar-refractivity contribution >= 4 is 32.6 Å². The number of pyridine rings is 1. The van der Waals surface area contributed by atoms with Crippen molar-refractivity contribution in [3.8, 4) is 0 Å². The van der Waals surface area contributed by atoms with E-state index in [9.17, 15) is 9.18 Å². The Bertz CT molecular complexity index is 1050. The van der Waals surface area contributed by atoms with Crippen LogP contribution in [0.5, 0.6) is 0 Å². The fourth-order valence-corrected chi connectivity index (χ4v) is 3.59. The number of rotatable bonds is 9. The summed E-state index contributed by atoms with van der Waals surface area (Å²) >= 11 is 1.34. The zero-order valence-corrected chi connectivity index (χ0v) is 16.6. The number of thiazole rings is 1. The van der Waals surface area contributed by atoms with Gasteiger partial charge in [-0.3, -0.25) is 14.7 Å². The minimum absolute atomic E-state index is 0.146. The van der Waals surface area contributed by atoms with Gasteiger partial charge in [0.15, 0.2) is 5.13 Å². The van der Waals surface area contributed by atoms with Gasteiger partial charge in [0.2, 0.25) is 5.91 Å². The first-order valence-corrected chi connectivity index (χ1v) is 9.75. The second-order valence-electron chi connectivity index (χ2n) is 6.06. The lowest BCUT2D eigenvalue weighted by atomic mass is 10.2. The zero-order chi connectivity index (χ0) is 20.6. The molecule has 0 bridgehead atoms. The Morgan fingerprint density at radius 3 is 2.90 bits per heavy atom. The van der Waals surface area contributed by atoms with E-state index in [0.29, 0.717) is 23.0 Å². The van der Waals surface area contributed by atoms with Crippen molar-refractivity contribution in [2.45, 2.75) is 13.0 Å². The van der Waals surface area contributed by atoms with E-state index in [1.165, 1.54) is 23.5 Å². The van der Waals surface area contributed by atoms with Gasteiger partial charge in [-0.05, 0) is 35.9 Å². The highest BCUT2D eigenvalue weighted by Crippen LogP contribution is 2.30. The first-order valence-electron chi connectivity index (χ1n) is 8.94. The number of carbonyl (C=O) groups excluding carboxylic acids is 1. The van der Waals surface area contributed by atoms with E-state index < -0.39 is 0 Å². The third kappa shape index (κ3) is 5.36. The second kappa shape index (κ2) is 9.75. The molecule has 2 aromatic heterocycles. The molecule has 0 aliphatic rings. The molecule has 0 atom stereocenters. The van der Waals surface area contributed by atoms with Crippen molar-refractivity contribution in [2.24, 2.45) is 0 Å². The molecular weight excluding hydrogens is 389 g/mol. The normalized spacial score (nSPS) is 11.3. The molecule has 0 radical (unpaired) electrons. The minimum atomic E-state index is -0.362. The van der Waals surface area contributed by atoms with Crippen LogP contribution in [0.2, 0.25) is 0 Å². The third-order valence-electron chi connectivity index (χ3n) is 4.00. The van der Waals surface area contributed by atoms with Crippen LogP contribution in [0.1, 0.15) is 12.0 Å². The summed E-state index contributed by atoms with van der Waals surface area (Å²) in [5, 5.41) is 0.505. The van der Waals surface area contributed by atoms with Crippen LogP contribution in [0.15, 0.2) is 79.9 Å². The van der Waals surface area contributed by atoms with Crippen molar-refractivity contribution in [3.05, 3.63) is 91.3 Å². The molecule has 5 nitrogen and oxygen atoms in total. The monoisotopic (exact) mass is 409 g/mol. The molecule has 0 saturated heterocycles. The van der Waals surface area contributed by atoms with E-state index >= 15 is 0 Å². The summed E-state index contributed by atoms with van der Waals surface area (Å²) < 4.78 is 19.9. The van der Waals surface area contributed by atoms with Crippen molar-refractivity contribution in [2.75, 3.05) is 11.5 Å². The highest BCUT2D eigenvalue weighted by atomic mass is 32.1. The molecule has 1 aromatic carbocycles. The van der Waals surface area contributed by atoms with Gasteiger partial charge in [-0.2, -0.15) is 0 Å². The first kappa shape index (κ1) is 20.4. The zero-order valence-electron chi connectivity index (χ0n) is 15.8. The fourth-order valence-electron chi connectivity index (χ4n) is 2.62. The Kier molecular flexibility index (Phi) is 6.86. The minimum Gasteiger partial charge on any atom is -0.493 e. The van der Waals surface area contributed by atoms with Gasteiger partial charge in [0, 0.05) is 18.5 Å². The number of allylic oxidation sites excluding steroid dienone is 3. The van der Waals surface area contributed by atoms with Gasteiger partial charge in [0.05, 0.1) is 29.8 Å². The largest absolute Gasteiger partial charge is 0.493 e. The number of hydrogen-bond donors (Lipinski definition) is 0. The van der Waals surface area contributed by atoms with E-state index in [1.807, 2.05) is 12.1 Å². The fraction of sp³-hybridized carbons (Fsp3) is 0.136. The lowest BCUT2D eigenvalue weighted by molar-refractivity contribution is -0.119. The molecular formula is C22H20FN3O2S. The lowest BCUT2D eigenvalue weighted by Gasteiger charge is -2.20. The quantitative estimate of drug-likeness (QED) is 0.368. The number of carbonyl (C=O) groups is 1. The summed E-state index contributed by atoms with van der Waals surface area (Å²) in [7, 11) is 0. The summed E-state index contributed by atoms with van der Waals surface area (Å²) in [4.78, 5) is 23.1. The SMILES string of the molecule is C=C/C=C(\C=C)OCCC(=O)N(Cc1cccnc1)c1nc2cc(F)ccc2s1. The maximum Gasteiger partial charge on any atom is 0.232 e. The number of amides is 1. The lowest BCUT2D eigenvalue weighted by Crippen LogP contribution is -2.31. The summed E-state index contributed by atoms with van der Waals surface area (Å²) in [6, 6.07) is 8.11. The van der Waals surface area contributed by atoms with Gasteiger partial charge in [0.1, 0.15) is 11.6 Å². The van der Waals surface area contributed by atoms with Gasteiger partial charge in [-0.25, -0.2) is 9.37 Å². The molecule has 2 heterocycles. The van der Waals surface area contributed by atoms with Crippen LogP contribution in [0.4, 0.5) is 9.52 Å². The predicted octanol–water partition coefficient (Wildman–Crippen LogP) is 5.03. The van der Waals surface area contributed by atoms with Gasteiger partial charge < -0.3 is 4.74 Å². The molecule has 0 spiro atoms. The maximum absolute atomic E-state index is 13.5. The number of anilines is 1. The Balaban J connectivity index is 1.81. The molecule has 148 valence electrons. The van der Waals surface area contributed by atoms with Crippen LogP contribution >= 0.6 is 11.3 Å². The topological polar surface area (TPSA) is 55.3 Å². The molecule has 29 heavy (non-hydrogen) atoms. The number of hydrogen-bond acceptors (Lipinski definition) is 5. The van der Waals surface area contributed by atoms with Crippen LogP contribution in [0.25, 0.3) is 10.2 Å². The van der Waals surface area contributed by atoms with E-state index in [2.05, 4.69) is 23.1 Å². The van der Waals surface area contributed by atoms with Gasteiger partial charge in [-0.1, -0.05) is 36.6 Å². The second-order valence-corrected chi connectivity index (χ2v) is 7.07. The average Bonchev–Trinajstić information content (AvgIpc) is 3.14. The summed E-state index contributed by atoms with van der Waals surface area (Å²) in [5.41, 5.74) is 1.39. The van der Waals surface area contributed by atoms with Crippen LogP contribution in [0, 0.1) is 5.82 Å². The van der Waals surface area contributed by atoms with Gasteiger partial charge in [0.25, 0.3) is 0 Å². The Hall–Kier alpha value is -3.32. The van der Waals surface area contributed by atoms with E-state index in [-0.39, 0.29) is 24.8 Å². The van der Waals surface area contributed by atoms with Crippen LogP contribution in [-0.4, -0.2) is 22.5 Å². The van der Waals surface area contributed by atoms with Crippen LogP contribution < -0.4 is 4.90 Å². The number of benzene rings is 1. The standard InChI is InChI=1S/C22H20FN3O2S/c1-3-6-18(4-2)28-12-10-21(27)26(15-16-7-5-11-24-14-16)22-25-19-13-17(23)8-9-20(19)29-22/h3-9,11,13-14H,1-2,10,12,15H2/b18-6+. The number of nitrogens with zero attached hydrogens (tertiary/aromatic N) is 3. The molecule has 0 N–H and O–H groups in total. The van der Waals surface area contributed by atoms with Crippen molar-refractivity contribution < 1.29 is 13.9 Å². The number of ether oxygens (including phenoxy) is 1. The molecule has 0 unspecified atom stereocenters. The van der Waals surface area contributed by atoms with E-state index in [0.717, 1.165) is 10.3 Å². The Morgan fingerprint density at radius 2 is 2.17 bits per heavy atom. The van der Waals surface area contributed by atoms with Crippen molar-refractivity contribution in [3.63, 3.8) is 0 Å². The molecule has 3 rings (SSSR count). The van der Waals surface area contributed by atoms with Crippen LogP contribution in [0.3, 0.4) is 0 Å². The highest BCUT2D eigenvalue weighted by Gasteiger charge is 2.20. The number of aromatic nitrogens is 2. The van der Waals surface area contributed by atoms with Gasteiger partial charge >= 0.3 is 0 Å². The number of halogens is 1. The van der Waals surface area contributed by atoms with Crippen LogP contribution in [-0.2, 0) is 16.1 Å². The highest BCUT2D eigenvalue weighted by molar-refractivity contribution is 7.22. The molecule has 0 fully saturated rings. The molecule has 0 aliphatic carbocycles. The van der Waals surface area contributed by atoms with Gasteiger partial charge in [-0.15, -0.1) is 0 Å². The first-order chi connectivity index (χ1) is 14.1. The molecule has 7 heteroatoms. The molecule has 0 saturated carbocycles. The third-order valence-corrected chi connectivity index (χ3v) is 5.06. The molecule has 1 amide bonds. The van der Waals surface area contributed by atoms with Crippen molar-refractivity contribution in [1.82, 2.24) is 9.97 Å². The van der Waals surface area contributed by atoms with E-state index in [4.69, 9.17) is 4.74 Å². The smallest absolute Gasteiger partial charge is 0.232 e. The van der Waals surface area contributed by atoms with E-state index in [1.54, 1.807) is 41.6 Å². The average molecular weight is 409 g/mol.